The molecule has 3 rings (SSSR count). The van der Waals surface area contributed by atoms with Crippen LogP contribution in [0.15, 0.2) is 47.1 Å². The van der Waals surface area contributed by atoms with Crippen molar-refractivity contribution in [3.8, 4) is 0 Å². The molecule has 3 aromatic rings. The third-order valence-electron chi connectivity index (χ3n) is 3.36. The van der Waals surface area contributed by atoms with Crippen LogP contribution in [-0.4, -0.2) is 16.1 Å². The number of halogens is 1. The van der Waals surface area contributed by atoms with E-state index in [2.05, 4.69) is 10.3 Å². The molecule has 0 saturated carbocycles. The molecule has 0 atom stereocenters. The Labute approximate surface area is 133 Å². The van der Waals surface area contributed by atoms with Crippen LogP contribution in [0.3, 0.4) is 0 Å². The van der Waals surface area contributed by atoms with Crippen molar-refractivity contribution in [3.05, 3.63) is 59.6 Å². The van der Waals surface area contributed by atoms with Crippen molar-refractivity contribution >= 4 is 35.0 Å². The van der Waals surface area contributed by atoms with Gasteiger partial charge in [-0.05, 0) is 24.6 Å². The number of rotatable bonds is 4. The zero-order valence-corrected chi connectivity index (χ0v) is 12.7. The van der Waals surface area contributed by atoms with E-state index >= 15 is 0 Å². The van der Waals surface area contributed by atoms with Crippen LogP contribution in [0, 0.1) is 6.92 Å². The number of nitrogens with one attached hydrogen (secondary N) is 1. The molecule has 2 heterocycles. The van der Waals surface area contributed by atoms with Gasteiger partial charge in [-0.25, -0.2) is 4.79 Å². The van der Waals surface area contributed by atoms with Crippen molar-refractivity contribution in [1.29, 1.82) is 0 Å². The van der Waals surface area contributed by atoms with Crippen LogP contribution in [0.25, 0.3) is 11.0 Å². The monoisotopic (exact) mass is 318 g/mol. The van der Waals surface area contributed by atoms with Gasteiger partial charge in [-0.2, -0.15) is 0 Å². The van der Waals surface area contributed by atoms with Crippen LogP contribution in [0.5, 0.6) is 0 Å². The number of hydrogen-bond acceptors (Lipinski definition) is 4. The fourth-order valence-electron chi connectivity index (χ4n) is 2.32. The second-order valence-corrected chi connectivity index (χ2v) is 4.76. The summed E-state index contributed by atoms with van der Waals surface area (Å²) in [6.45, 7) is 2.28. The predicted octanol–water partition coefficient (Wildman–Crippen LogP) is 3.87. The van der Waals surface area contributed by atoms with E-state index in [-0.39, 0.29) is 18.2 Å². The number of benzene rings is 1. The first-order chi connectivity index (χ1) is 10.2. The summed E-state index contributed by atoms with van der Waals surface area (Å²) in [6, 6.07) is 9.33. The van der Waals surface area contributed by atoms with E-state index in [0.717, 1.165) is 16.6 Å². The van der Waals surface area contributed by atoms with Gasteiger partial charge in [-0.15, -0.1) is 12.4 Å². The van der Waals surface area contributed by atoms with E-state index in [1.807, 2.05) is 37.3 Å². The molecule has 2 N–H and O–H groups in total. The second-order valence-electron chi connectivity index (χ2n) is 4.76. The quantitative estimate of drug-likeness (QED) is 0.763. The first kappa shape index (κ1) is 15.9. The molecule has 0 saturated heterocycles. The van der Waals surface area contributed by atoms with E-state index in [0.29, 0.717) is 17.7 Å². The maximum Gasteiger partial charge on any atom is 0.372 e. The number of hydrogen-bond donors (Lipinski definition) is 2. The Morgan fingerprint density at radius 3 is 2.68 bits per heavy atom. The van der Waals surface area contributed by atoms with Crippen molar-refractivity contribution in [2.75, 3.05) is 5.32 Å². The molecule has 0 aliphatic rings. The van der Waals surface area contributed by atoms with Crippen LogP contribution < -0.4 is 5.32 Å². The molecule has 22 heavy (non-hydrogen) atoms. The number of anilines is 1. The number of aromatic carboxylic acids is 1. The number of aromatic nitrogens is 1. The number of furan rings is 1. The fourth-order valence-corrected chi connectivity index (χ4v) is 2.32. The lowest BCUT2D eigenvalue weighted by atomic mass is 10.1. The summed E-state index contributed by atoms with van der Waals surface area (Å²) in [7, 11) is 0. The summed E-state index contributed by atoms with van der Waals surface area (Å²) in [5.74, 6) is -1.07. The average molecular weight is 319 g/mol. The molecular weight excluding hydrogens is 304 g/mol. The Morgan fingerprint density at radius 1 is 1.27 bits per heavy atom. The Balaban J connectivity index is 0.00000176. The van der Waals surface area contributed by atoms with E-state index in [4.69, 9.17) is 4.42 Å². The Bertz CT molecular complexity index is 800. The molecule has 2 aromatic heterocycles. The largest absolute Gasteiger partial charge is 0.475 e. The first-order valence-electron chi connectivity index (χ1n) is 6.55. The highest BCUT2D eigenvalue weighted by Crippen LogP contribution is 2.29. The van der Waals surface area contributed by atoms with Gasteiger partial charge in [0.05, 0.1) is 0 Å². The third kappa shape index (κ3) is 2.89. The lowest BCUT2D eigenvalue weighted by Crippen LogP contribution is -2.05. The molecule has 114 valence electrons. The Hall–Kier alpha value is -2.53. The Kier molecular flexibility index (Phi) is 4.68. The van der Waals surface area contributed by atoms with E-state index in [9.17, 15) is 9.90 Å². The summed E-state index contributed by atoms with van der Waals surface area (Å²) >= 11 is 0. The third-order valence-corrected chi connectivity index (χ3v) is 3.36. The first-order valence-corrected chi connectivity index (χ1v) is 6.55. The van der Waals surface area contributed by atoms with Crippen molar-refractivity contribution in [1.82, 2.24) is 4.98 Å². The normalized spacial score (nSPS) is 10.2. The number of carboxylic acids is 1. The zero-order valence-electron chi connectivity index (χ0n) is 11.9. The smallest absolute Gasteiger partial charge is 0.372 e. The highest BCUT2D eigenvalue weighted by atomic mass is 35.5. The van der Waals surface area contributed by atoms with Gasteiger partial charge in [0.25, 0.3) is 0 Å². The molecule has 6 heteroatoms. The van der Waals surface area contributed by atoms with Crippen LogP contribution >= 0.6 is 12.4 Å². The van der Waals surface area contributed by atoms with Gasteiger partial charge in [0.1, 0.15) is 5.58 Å². The molecular formula is C16H15ClN2O3. The van der Waals surface area contributed by atoms with Crippen molar-refractivity contribution < 1.29 is 14.3 Å². The van der Waals surface area contributed by atoms with Crippen molar-refractivity contribution in [3.63, 3.8) is 0 Å². The highest BCUT2D eigenvalue weighted by Gasteiger charge is 2.20. The second kappa shape index (κ2) is 6.49. The van der Waals surface area contributed by atoms with Gasteiger partial charge in [-0.3, -0.25) is 4.98 Å². The summed E-state index contributed by atoms with van der Waals surface area (Å²) < 4.78 is 5.53. The van der Waals surface area contributed by atoms with Gasteiger partial charge in [0.15, 0.2) is 0 Å². The van der Waals surface area contributed by atoms with Crippen molar-refractivity contribution in [2.24, 2.45) is 0 Å². The van der Waals surface area contributed by atoms with Gasteiger partial charge in [0, 0.05) is 35.6 Å². The molecule has 0 spiro atoms. The SMILES string of the molecule is Cc1cccc2c(CNc3ccncc3)c(C(=O)O)oc12.Cl. The average Bonchev–Trinajstić information content (AvgIpc) is 2.87. The summed E-state index contributed by atoms with van der Waals surface area (Å²) in [4.78, 5) is 15.3. The number of nitrogens with zero attached hydrogens (tertiary/aromatic N) is 1. The van der Waals surface area contributed by atoms with E-state index in [1.54, 1.807) is 12.4 Å². The number of pyridine rings is 1. The molecule has 5 nitrogen and oxygen atoms in total. The molecule has 1 aromatic carbocycles. The van der Waals surface area contributed by atoms with Crippen LogP contribution in [0.1, 0.15) is 21.7 Å². The molecule has 0 unspecified atom stereocenters. The lowest BCUT2D eigenvalue weighted by molar-refractivity contribution is 0.0663. The molecule has 0 aliphatic carbocycles. The molecule has 0 amide bonds. The van der Waals surface area contributed by atoms with Crippen LogP contribution in [-0.2, 0) is 6.54 Å². The summed E-state index contributed by atoms with van der Waals surface area (Å²) in [5.41, 5.74) is 3.08. The molecule has 0 fully saturated rings. The summed E-state index contributed by atoms with van der Waals surface area (Å²) in [6.07, 6.45) is 3.36. The number of aryl methyl sites for hydroxylation is 1. The van der Waals surface area contributed by atoms with Gasteiger partial charge in [-0.1, -0.05) is 18.2 Å². The van der Waals surface area contributed by atoms with Gasteiger partial charge >= 0.3 is 5.97 Å². The fraction of sp³-hybridized carbons (Fsp3) is 0.125. The maximum absolute atomic E-state index is 11.4. The zero-order chi connectivity index (χ0) is 14.8. The van der Waals surface area contributed by atoms with E-state index in [1.165, 1.54) is 0 Å². The topological polar surface area (TPSA) is 75.4 Å². The molecule has 0 aliphatic heterocycles. The number of carbonyl (C=O) groups is 1. The van der Waals surface area contributed by atoms with Crippen molar-refractivity contribution in [2.45, 2.75) is 13.5 Å². The number of fused-ring (bicyclic) bond motifs is 1. The van der Waals surface area contributed by atoms with Gasteiger partial charge in [0.2, 0.25) is 5.76 Å². The number of carboxylic acid groups (broad SMARTS) is 1. The minimum atomic E-state index is -1.06. The number of para-hydroxylation sites is 1. The Morgan fingerprint density at radius 2 is 2.00 bits per heavy atom. The van der Waals surface area contributed by atoms with Crippen LogP contribution in [0.4, 0.5) is 5.69 Å². The van der Waals surface area contributed by atoms with Crippen LogP contribution in [0.2, 0.25) is 0 Å². The van der Waals surface area contributed by atoms with Gasteiger partial charge < -0.3 is 14.8 Å². The standard InChI is InChI=1S/C16H14N2O3.ClH/c1-10-3-2-4-12-13(15(16(19)20)21-14(10)12)9-18-11-5-7-17-8-6-11;/h2-8H,9H2,1H3,(H,17,18)(H,19,20);1H. The lowest BCUT2D eigenvalue weighted by Gasteiger charge is -2.05. The molecule has 0 bridgehead atoms. The minimum Gasteiger partial charge on any atom is -0.475 e. The highest BCUT2D eigenvalue weighted by molar-refractivity contribution is 5.96. The summed E-state index contributed by atoms with van der Waals surface area (Å²) in [5, 5.41) is 13.3. The van der Waals surface area contributed by atoms with E-state index < -0.39 is 5.97 Å². The minimum absolute atomic E-state index is 0. The molecule has 0 radical (unpaired) electrons. The maximum atomic E-state index is 11.4. The predicted molar refractivity (Wildman–Crippen MR) is 86.7 cm³/mol.